The van der Waals surface area contributed by atoms with Gasteiger partial charge in [0, 0.05) is 29.9 Å². The van der Waals surface area contributed by atoms with Crippen LogP contribution in [0.15, 0.2) is 59.7 Å². The van der Waals surface area contributed by atoms with Crippen LogP contribution in [0.2, 0.25) is 5.02 Å². The number of halogens is 1. The number of H-pyrrole nitrogens is 2. The van der Waals surface area contributed by atoms with E-state index in [4.69, 9.17) is 16.7 Å². The molecule has 0 aliphatic heterocycles. The maximum Gasteiger partial charge on any atom is 0.344 e. The molecule has 0 amide bonds. The zero-order chi connectivity index (χ0) is 23.2. The number of benzene rings is 2. The van der Waals surface area contributed by atoms with E-state index in [9.17, 15) is 9.59 Å². The number of nitrogens with one attached hydrogen (secondary N) is 2. The number of rotatable bonds is 4. The SMILES string of the molecule is O=C(O)CC1CCCCC1.O=c1ncc(-c2ccc(-c3nc4ccccc4[nH]3)c(Cl)c2)c[nH]1. The molecule has 7 nitrogen and oxygen atoms in total. The van der Waals surface area contributed by atoms with Crippen molar-refractivity contribution in [2.45, 2.75) is 38.5 Å². The summed E-state index contributed by atoms with van der Waals surface area (Å²) < 4.78 is 0. The molecule has 5 rings (SSSR count). The number of para-hydroxylation sites is 2. The summed E-state index contributed by atoms with van der Waals surface area (Å²) in [6, 6.07) is 13.5. The van der Waals surface area contributed by atoms with Gasteiger partial charge < -0.3 is 15.1 Å². The number of aromatic amines is 2. The number of aliphatic carboxylic acids is 1. The van der Waals surface area contributed by atoms with Gasteiger partial charge in [0.15, 0.2) is 0 Å². The van der Waals surface area contributed by atoms with Gasteiger partial charge in [0.1, 0.15) is 5.82 Å². The van der Waals surface area contributed by atoms with E-state index in [-0.39, 0.29) is 5.69 Å². The molecule has 1 saturated carbocycles. The van der Waals surface area contributed by atoms with Crippen LogP contribution in [-0.4, -0.2) is 31.0 Å². The summed E-state index contributed by atoms with van der Waals surface area (Å²) in [6.07, 6.45) is 9.55. The molecule has 8 heteroatoms. The van der Waals surface area contributed by atoms with Crippen molar-refractivity contribution in [1.29, 1.82) is 0 Å². The lowest BCUT2D eigenvalue weighted by Crippen LogP contribution is -2.10. The van der Waals surface area contributed by atoms with Crippen molar-refractivity contribution >= 4 is 28.6 Å². The first-order chi connectivity index (χ1) is 16.0. The monoisotopic (exact) mass is 464 g/mol. The smallest absolute Gasteiger partial charge is 0.344 e. The van der Waals surface area contributed by atoms with Gasteiger partial charge in [-0.15, -0.1) is 0 Å². The molecule has 0 saturated heterocycles. The molecule has 0 unspecified atom stereocenters. The number of carboxylic acid groups (broad SMARTS) is 1. The van der Waals surface area contributed by atoms with Gasteiger partial charge in [-0.3, -0.25) is 4.79 Å². The minimum Gasteiger partial charge on any atom is -0.481 e. The van der Waals surface area contributed by atoms with Gasteiger partial charge in [0.25, 0.3) is 0 Å². The topological polar surface area (TPSA) is 112 Å². The second-order valence-electron chi connectivity index (χ2n) is 8.21. The molecule has 1 aliphatic rings. The lowest BCUT2D eigenvalue weighted by molar-refractivity contribution is -0.138. The molecule has 170 valence electrons. The summed E-state index contributed by atoms with van der Waals surface area (Å²) in [5.74, 6) is 0.570. The molecule has 0 spiro atoms. The molecule has 0 radical (unpaired) electrons. The third-order valence-electron chi connectivity index (χ3n) is 5.81. The summed E-state index contributed by atoms with van der Waals surface area (Å²) in [6.45, 7) is 0. The first kappa shape index (κ1) is 22.7. The lowest BCUT2D eigenvalue weighted by atomic mass is 9.87. The number of hydrogen-bond donors (Lipinski definition) is 3. The minimum absolute atomic E-state index is 0.376. The highest BCUT2D eigenvalue weighted by Gasteiger charge is 2.15. The van der Waals surface area contributed by atoms with E-state index in [2.05, 4.69) is 19.9 Å². The predicted molar refractivity (Wildman–Crippen MR) is 129 cm³/mol. The van der Waals surface area contributed by atoms with Crippen LogP contribution in [0.1, 0.15) is 38.5 Å². The Hall–Kier alpha value is -3.45. The molecule has 0 bridgehead atoms. The Bertz CT molecular complexity index is 1260. The van der Waals surface area contributed by atoms with Crippen molar-refractivity contribution in [3.05, 3.63) is 70.4 Å². The molecular weight excluding hydrogens is 440 g/mol. The van der Waals surface area contributed by atoms with E-state index >= 15 is 0 Å². The lowest BCUT2D eigenvalue weighted by Gasteiger charge is -2.18. The molecule has 33 heavy (non-hydrogen) atoms. The van der Waals surface area contributed by atoms with E-state index in [0.29, 0.717) is 17.4 Å². The fourth-order valence-electron chi connectivity index (χ4n) is 4.11. The number of fused-ring (bicyclic) bond motifs is 1. The zero-order valence-corrected chi connectivity index (χ0v) is 18.8. The Morgan fingerprint density at radius 2 is 1.88 bits per heavy atom. The van der Waals surface area contributed by atoms with Crippen LogP contribution in [0.3, 0.4) is 0 Å². The second-order valence-corrected chi connectivity index (χ2v) is 8.61. The van der Waals surface area contributed by atoms with Crippen LogP contribution >= 0.6 is 11.6 Å². The molecule has 4 aromatic rings. The highest BCUT2D eigenvalue weighted by molar-refractivity contribution is 6.33. The Balaban J connectivity index is 0.000000219. The average molecular weight is 465 g/mol. The largest absolute Gasteiger partial charge is 0.481 e. The number of imidazole rings is 1. The molecule has 1 fully saturated rings. The van der Waals surface area contributed by atoms with E-state index in [1.165, 1.54) is 25.5 Å². The number of hydrogen-bond acceptors (Lipinski definition) is 4. The Labute approximate surface area is 195 Å². The molecule has 2 aromatic carbocycles. The first-order valence-corrected chi connectivity index (χ1v) is 11.4. The Morgan fingerprint density at radius 1 is 1.09 bits per heavy atom. The number of aromatic nitrogens is 4. The summed E-state index contributed by atoms with van der Waals surface area (Å²) >= 11 is 6.42. The van der Waals surface area contributed by atoms with Crippen molar-refractivity contribution in [1.82, 2.24) is 19.9 Å². The van der Waals surface area contributed by atoms with Gasteiger partial charge in [0.05, 0.1) is 16.1 Å². The van der Waals surface area contributed by atoms with Crippen LogP contribution in [0.25, 0.3) is 33.5 Å². The minimum atomic E-state index is -0.632. The van der Waals surface area contributed by atoms with Gasteiger partial charge in [0.2, 0.25) is 0 Å². The van der Waals surface area contributed by atoms with Crippen molar-refractivity contribution in [3.63, 3.8) is 0 Å². The fraction of sp³-hybridized carbons (Fsp3) is 0.280. The van der Waals surface area contributed by atoms with Crippen LogP contribution in [-0.2, 0) is 4.79 Å². The predicted octanol–water partition coefficient (Wildman–Crippen LogP) is 5.68. The van der Waals surface area contributed by atoms with Crippen LogP contribution in [0.4, 0.5) is 0 Å². The number of nitrogens with zero attached hydrogens (tertiary/aromatic N) is 2. The normalized spacial score (nSPS) is 14.0. The maximum absolute atomic E-state index is 11.0. The molecule has 0 atom stereocenters. The highest BCUT2D eigenvalue weighted by Crippen LogP contribution is 2.31. The Kier molecular flexibility index (Phi) is 7.19. The van der Waals surface area contributed by atoms with Gasteiger partial charge in [-0.1, -0.05) is 49.1 Å². The molecule has 3 N–H and O–H groups in total. The molecule has 2 heterocycles. The van der Waals surface area contributed by atoms with Crippen LogP contribution < -0.4 is 5.69 Å². The highest BCUT2D eigenvalue weighted by atomic mass is 35.5. The molecule has 2 aromatic heterocycles. The third kappa shape index (κ3) is 5.87. The van der Waals surface area contributed by atoms with Crippen molar-refractivity contribution in [3.8, 4) is 22.5 Å². The number of carbonyl (C=O) groups is 1. The molecular formula is C25H25ClN4O3. The van der Waals surface area contributed by atoms with E-state index < -0.39 is 5.97 Å². The van der Waals surface area contributed by atoms with Crippen LogP contribution in [0.5, 0.6) is 0 Å². The quantitative estimate of drug-likeness (QED) is 0.360. The van der Waals surface area contributed by atoms with E-state index in [0.717, 1.165) is 46.4 Å². The molecule has 1 aliphatic carbocycles. The first-order valence-electron chi connectivity index (χ1n) is 11.0. The van der Waals surface area contributed by atoms with Gasteiger partial charge in [-0.25, -0.2) is 14.8 Å². The fourth-order valence-corrected chi connectivity index (χ4v) is 4.38. The maximum atomic E-state index is 11.0. The van der Waals surface area contributed by atoms with Crippen molar-refractivity contribution in [2.75, 3.05) is 0 Å². The summed E-state index contributed by atoms with van der Waals surface area (Å²) in [5.41, 5.74) is 3.98. The van der Waals surface area contributed by atoms with Gasteiger partial charge >= 0.3 is 11.7 Å². The Morgan fingerprint density at radius 3 is 2.55 bits per heavy atom. The van der Waals surface area contributed by atoms with Gasteiger partial charge in [-0.2, -0.15) is 0 Å². The van der Waals surface area contributed by atoms with E-state index in [1.807, 2.05) is 42.5 Å². The van der Waals surface area contributed by atoms with Crippen molar-refractivity contribution in [2.24, 2.45) is 5.92 Å². The van der Waals surface area contributed by atoms with Gasteiger partial charge in [-0.05, 0) is 48.6 Å². The second kappa shape index (κ2) is 10.4. The van der Waals surface area contributed by atoms with E-state index in [1.54, 1.807) is 6.20 Å². The van der Waals surface area contributed by atoms with Crippen LogP contribution in [0, 0.1) is 5.92 Å². The third-order valence-corrected chi connectivity index (χ3v) is 6.12. The standard InChI is InChI=1S/C17H11ClN4O.C8H14O2/c18-13-7-10(11-8-19-17(23)20-9-11)5-6-12(13)16-21-14-3-1-2-4-15(14)22-16;9-8(10)6-7-4-2-1-3-5-7/h1-9H,(H,21,22)(H,19,20,23);7H,1-6H2,(H,9,10). The average Bonchev–Trinajstić information content (AvgIpc) is 3.24. The zero-order valence-electron chi connectivity index (χ0n) is 18.1. The number of carboxylic acids is 1. The van der Waals surface area contributed by atoms with Crippen molar-refractivity contribution < 1.29 is 9.90 Å². The summed E-state index contributed by atoms with van der Waals surface area (Å²) in [7, 11) is 0. The summed E-state index contributed by atoms with van der Waals surface area (Å²) in [5, 5.41) is 9.04. The summed E-state index contributed by atoms with van der Waals surface area (Å²) in [4.78, 5) is 35.4.